The zero-order chi connectivity index (χ0) is 30.2. The number of anilines is 1. The van der Waals surface area contributed by atoms with Gasteiger partial charge in [-0.05, 0) is 97.8 Å². The lowest BCUT2D eigenvalue weighted by Crippen LogP contribution is -2.30. The molecule has 0 bridgehead atoms. The number of ether oxygens (including phenoxy) is 2. The van der Waals surface area contributed by atoms with Gasteiger partial charge in [0, 0.05) is 25.0 Å². The molecule has 220 valence electrons. The molecule has 0 spiro atoms. The van der Waals surface area contributed by atoms with Gasteiger partial charge in [0.25, 0.3) is 5.91 Å². The molecule has 1 amide bonds. The van der Waals surface area contributed by atoms with Crippen molar-refractivity contribution in [3.05, 3.63) is 125 Å². The Hall–Kier alpha value is -4.22. The quantitative estimate of drug-likeness (QED) is 0.214. The van der Waals surface area contributed by atoms with Crippen LogP contribution >= 0.6 is 0 Å². The van der Waals surface area contributed by atoms with E-state index in [4.69, 9.17) is 9.53 Å². The number of rotatable bonds is 8. The fourth-order valence-corrected chi connectivity index (χ4v) is 5.04. The van der Waals surface area contributed by atoms with Crippen LogP contribution in [0.5, 0.6) is 11.5 Å². The molecule has 0 aromatic heterocycles. The van der Waals surface area contributed by atoms with Gasteiger partial charge in [-0.1, -0.05) is 73.9 Å². The number of methoxy groups -OCH3 is 1. The summed E-state index contributed by atoms with van der Waals surface area (Å²) in [5.74, 6) is 2.13. The number of para-hydroxylation sites is 1. The van der Waals surface area contributed by atoms with E-state index in [0.717, 1.165) is 29.2 Å². The van der Waals surface area contributed by atoms with E-state index in [1.54, 1.807) is 7.11 Å². The van der Waals surface area contributed by atoms with Gasteiger partial charge >= 0.3 is 0 Å². The smallest absolute Gasteiger partial charge is 0.258 e. The monoisotopic (exact) mass is 565 g/mol. The normalized spacial score (nSPS) is 12.6. The van der Waals surface area contributed by atoms with Crippen LogP contribution in [0.1, 0.15) is 72.0 Å². The van der Waals surface area contributed by atoms with Crippen LogP contribution in [-0.2, 0) is 16.1 Å². The molecule has 0 atom stereocenters. The van der Waals surface area contributed by atoms with Gasteiger partial charge in [-0.15, -0.1) is 0 Å². The number of carbonyl (C=O) groups excluding carboxylic acids is 2. The van der Waals surface area contributed by atoms with Crippen molar-refractivity contribution in [3.8, 4) is 11.5 Å². The summed E-state index contributed by atoms with van der Waals surface area (Å²) in [4.78, 5) is 23.6. The summed E-state index contributed by atoms with van der Waals surface area (Å²) in [5, 5.41) is 0. The number of nitrogens with zero attached hydrogens (tertiary/aromatic N) is 1. The van der Waals surface area contributed by atoms with E-state index in [9.17, 15) is 4.79 Å². The molecular weight excluding hydrogens is 522 g/mol. The van der Waals surface area contributed by atoms with Gasteiger partial charge in [0.05, 0.1) is 6.54 Å². The molecule has 1 saturated carbocycles. The average molecular weight is 566 g/mol. The first kappa shape index (κ1) is 32.3. The molecule has 0 saturated heterocycles. The molecule has 1 aliphatic carbocycles. The maximum absolute atomic E-state index is 13.7. The van der Waals surface area contributed by atoms with Crippen LogP contribution < -0.4 is 9.64 Å². The van der Waals surface area contributed by atoms with Crippen molar-refractivity contribution < 1.29 is 19.1 Å². The standard InChI is InChI=1S/C33H33NO2.C3H8O.CH2O/c1-25-9-8-12-30(23-25)34(24-26-15-17-28(18-16-26)27-10-4-2-5-11-27)33(35)29-19-21-32(22-20-29)36-31-13-6-3-7-14-31;1-3-4-2;1-2/h3,6-9,12-23,27H,2,4-5,10-11,24H2,1H3;3H2,1-2H3;1H2. The van der Waals surface area contributed by atoms with E-state index >= 15 is 0 Å². The number of benzene rings is 4. The number of hydrogen-bond acceptors (Lipinski definition) is 4. The van der Waals surface area contributed by atoms with Gasteiger partial charge in [0.15, 0.2) is 0 Å². The van der Waals surface area contributed by atoms with Crippen LogP contribution in [0, 0.1) is 6.92 Å². The maximum atomic E-state index is 13.7. The Balaban J connectivity index is 0.000000745. The number of carbonyl (C=O) groups is 2. The fourth-order valence-electron chi connectivity index (χ4n) is 5.04. The molecule has 5 rings (SSSR count). The first-order valence-electron chi connectivity index (χ1n) is 14.7. The van der Waals surface area contributed by atoms with Crippen molar-refractivity contribution in [2.75, 3.05) is 18.6 Å². The van der Waals surface area contributed by atoms with Crippen molar-refractivity contribution >= 4 is 18.4 Å². The SMILES string of the molecule is C=O.CCOC.Cc1cccc(N(Cc2ccc(C3CCCCC3)cc2)C(=O)c2ccc(Oc3ccccc3)cc2)c1. The molecule has 1 aliphatic rings. The highest BCUT2D eigenvalue weighted by molar-refractivity contribution is 6.06. The second-order valence-electron chi connectivity index (χ2n) is 10.3. The Kier molecular flexibility index (Phi) is 13.5. The Morgan fingerprint density at radius 2 is 1.43 bits per heavy atom. The van der Waals surface area contributed by atoms with E-state index in [2.05, 4.69) is 48.1 Å². The third-order valence-electron chi connectivity index (χ3n) is 7.32. The minimum Gasteiger partial charge on any atom is -0.457 e. The van der Waals surface area contributed by atoms with Crippen molar-refractivity contribution in [2.24, 2.45) is 0 Å². The minimum atomic E-state index is -0.0248. The topological polar surface area (TPSA) is 55.8 Å². The summed E-state index contributed by atoms with van der Waals surface area (Å²) in [5.41, 5.74) is 5.23. The summed E-state index contributed by atoms with van der Waals surface area (Å²) in [6.45, 7) is 7.36. The van der Waals surface area contributed by atoms with E-state index in [-0.39, 0.29) is 5.91 Å². The Morgan fingerprint density at radius 3 is 2.02 bits per heavy atom. The van der Waals surface area contributed by atoms with Gasteiger partial charge in [-0.3, -0.25) is 4.79 Å². The molecule has 4 aromatic carbocycles. The first-order valence-corrected chi connectivity index (χ1v) is 14.7. The van der Waals surface area contributed by atoms with Gasteiger partial charge in [0.1, 0.15) is 18.3 Å². The number of aryl methyl sites for hydroxylation is 1. The van der Waals surface area contributed by atoms with Crippen LogP contribution in [0.15, 0.2) is 103 Å². The summed E-state index contributed by atoms with van der Waals surface area (Å²) >= 11 is 0. The van der Waals surface area contributed by atoms with Crippen LogP contribution in [-0.4, -0.2) is 26.4 Å². The van der Waals surface area contributed by atoms with Crippen molar-refractivity contribution in [1.29, 1.82) is 0 Å². The van der Waals surface area contributed by atoms with Crippen molar-refractivity contribution in [3.63, 3.8) is 0 Å². The summed E-state index contributed by atoms with van der Waals surface area (Å²) in [6.07, 6.45) is 6.60. The van der Waals surface area contributed by atoms with Crippen LogP contribution in [0.3, 0.4) is 0 Å². The third kappa shape index (κ3) is 9.71. The van der Waals surface area contributed by atoms with E-state index in [0.29, 0.717) is 23.8 Å². The molecule has 1 fully saturated rings. The molecule has 0 aliphatic heterocycles. The summed E-state index contributed by atoms with van der Waals surface area (Å²) < 4.78 is 10.4. The molecule has 5 heteroatoms. The van der Waals surface area contributed by atoms with Gasteiger partial charge < -0.3 is 19.2 Å². The maximum Gasteiger partial charge on any atom is 0.258 e. The lowest BCUT2D eigenvalue weighted by Gasteiger charge is -2.25. The molecule has 42 heavy (non-hydrogen) atoms. The van der Waals surface area contributed by atoms with Crippen molar-refractivity contribution in [1.82, 2.24) is 0 Å². The minimum absolute atomic E-state index is 0.0248. The third-order valence-corrected chi connectivity index (χ3v) is 7.32. The molecule has 0 unspecified atom stereocenters. The van der Waals surface area contributed by atoms with E-state index in [1.807, 2.05) is 85.3 Å². The average Bonchev–Trinajstić information content (AvgIpc) is 3.06. The molecule has 0 radical (unpaired) electrons. The van der Waals surface area contributed by atoms with Gasteiger partial charge in [-0.25, -0.2) is 0 Å². The lowest BCUT2D eigenvalue weighted by atomic mass is 9.84. The molecule has 4 aromatic rings. The molecule has 0 N–H and O–H groups in total. The van der Waals surface area contributed by atoms with Crippen LogP contribution in [0.4, 0.5) is 5.69 Å². The first-order chi connectivity index (χ1) is 20.6. The number of hydrogen-bond donors (Lipinski definition) is 0. The van der Waals surface area contributed by atoms with Gasteiger partial charge in [-0.2, -0.15) is 0 Å². The fraction of sp³-hybridized carbons (Fsp3) is 0.297. The molecule has 5 nitrogen and oxygen atoms in total. The van der Waals surface area contributed by atoms with E-state index < -0.39 is 0 Å². The lowest BCUT2D eigenvalue weighted by molar-refractivity contribution is -0.0980. The zero-order valence-corrected chi connectivity index (χ0v) is 25.1. The van der Waals surface area contributed by atoms with E-state index in [1.165, 1.54) is 37.7 Å². The predicted molar refractivity (Wildman–Crippen MR) is 172 cm³/mol. The second-order valence-corrected chi connectivity index (χ2v) is 10.3. The predicted octanol–water partition coefficient (Wildman–Crippen LogP) is 9.15. The second kappa shape index (κ2) is 17.6. The Labute approximate surface area is 251 Å². The van der Waals surface area contributed by atoms with Crippen LogP contribution in [0.25, 0.3) is 0 Å². The molecular formula is C37H43NO4. The largest absolute Gasteiger partial charge is 0.457 e. The Bertz CT molecular complexity index is 1330. The van der Waals surface area contributed by atoms with Gasteiger partial charge in [0.2, 0.25) is 0 Å². The highest BCUT2D eigenvalue weighted by Crippen LogP contribution is 2.33. The summed E-state index contributed by atoms with van der Waals surface area (Å²) in [6, 6.07) is 34.1. The molecule has 0 heterocycles. The zero-order valence-electron chi connectivity index (χ0n) is 25.1. The Morgan fingerprint density at radius 1 is 0.810 bits per heavy atom. The summed E-state index contributed by atoms with van der Waals surface area (Å²) in [7, 11) is 1.68. The number of amides is 1. The highest BCUT2D eigenvalue weighted by Gasteiger charge is 2.20. The highest BCUT2D eigenvalue weighted by atomic mass is 16.5. The van der Waals surface area contributed by atoms with Crippen LogP contribution in [0.2, 0.25) is 0 Å². The van der Waals surface area contributed by atoms with Crippen molar-refractivity contribution in [2.45, 2.75) is 58.4 Å².